The van der Waals surface area contributed by atoms with E-state index in [0.717, 1.165) is 25.8 Å². The number of fused-ring (bicyclic) bond motifs is 1. The second kappa shape index (κ2) is 22.8. The average Bonchev–Trinajstić information content (AvgIpc) is 3.38. The molecule has 2 aromatic carbocycles. The van der Waals surface area contributed by atoms with Gasteiger partial charge in [-0.05, 0) is 56.0 Å². The highest BCUT2D eigenvalue weighted by Crippen LogP contribution is 2.33. The summed E-state index contributed by atoms with van der Waals surface area (Å²) < 4.78 is 2.41. The number of carbonyl (C=O) groups excluding carboxylic acids is 1. The van der Waals surface area contributed by atoms with Crippen LogP contribution in [-0.2, 0) is 4.79 Å². The molecule has 0 saturated heterocycles. The van der Waals surface area contributed by atoms with Crippen molar-refractivity contribution in [1.29, 1.82) is 0 Å². The van der Waals surface area contributed by atoms with Crippen molar-refractivity contribution in [3.8, 4) is 11.3 Å². The Morgan fingerprint density at radius 3 is 2.03 bits per heavy atom. The molecule has 0 aliphatic heterocycles. The number of nitrogens with two attached hydrogens (primary N) is 2. The molecule has 4 nitrogen and oxygen atoms in total. The van der Waals surface area contributed by atoms with Gasteiger partial charge in [-0.3, -0.25) is 4.79 Å². The Hall–Kier alpha value is -3.11. The molecule has 0 fully saturated rings. The van der Waals surface area contributed by atoms with E-state index >= 15 is 0 Å². The summed E-state index contributed by atoms with van der Waals surface area (Å²) in [5, 5.41) is 1.30. The zero-order chi connectivity index (χ0) is 29.5. The minimum absolute atomic E-state index is 0.0417. The van der Waals surface area contributed by atoms with Crippen LogP contribution in [0.4, 0.5) is 0 Å². The Kier molecular flexibility index (Phi) is 21.0. The molecule has 0 saturated carbocycles. The van der Waals surface area contributed by atoms with Gasteiger partial charge in [0, 0.05) is 17.0 Å². The fourth-order valence-electron chi connectivity index (χ4n) is 3.66. The third kappa shape index (κ3) is 13.5. The van der Waals surface area contributed by atoms with Crippen LogP contribution in [0.3, 0.4) is 0 Å². The van der Waals surface area contributed by atoms with Crippen molar-refractivity contribution in [2.24, 2.45) is 17.4 Å². The average molecular weight is 534 g/mol. The minimum atomic E-state index is -0.206. The number of benzene rings is 2. The lowest BCUT2D eigenvalue weighted by Gasteiger charge is -2.16. The van der Waals surface area contributed by atoms with Crippen molar-refractivity contribution in [2.45, 2.75) is 93.4 Å². The van der Waals surface area contributed by atoms with Gasteiger partial charge in [0.25, 0.3) is 0 Å². The lowest BCUT2D eigenvalue weighted by molar-refractivity contribution is -0.121. The normalized spacial score (nSPS) is 12.2. The second-order valence-corrected chi connectivity index (χ2v) is 9.33. The predicted molar refractivity (Wildman–Crippen MR) is 175 cm³/mol. The Balaban J connectivity index is 0.000000667. The number of primary amides is 1. The summed E-state index contributed by atoms with van der Waals surface area (Å²) in [4.78, 5) is 10.2. The molecule has 4 N–H and O–H groups in total. The summed E-state index contributed by atoms with van der Waals surface area (Å²) >= 11 is 0. The Bertz CT molecular complexity index is 1080. The van der Waals surface area contributed by atoms with Crippen LogP contribution in [0.25, 0.3) is 27.9 Å². The summed E-state index contributed by atoms with van der Waals surface area (Å²) in [6.07, 6.45) is 14.7. The molecule has 216 valence electrons. The molecule has 4 heteroatoms. The first kappa shape index (κ1) is 35.9. The summed E-state index contributed by atoms with van der Waals surface area (Å²) in [5.74, 6) is -0.164. The van der Waals surface area contributed by atoms with E-state index in [1.165, 1.54) is 53.5 Å². The number of hydrogen-bond donors (Lipinski definition) is 2. The van der Waals surface area contributed by atoms with E-state index in [9.17, 15) is 4.79 Å². The fourth-order valence-corrected chi connectivity index (χ4v) is 3.66. The Morgan fingerprint density at radius 1 is 0.949 bits per heavy atom. The Labute approximate surface area is 239 Å². The lowest BCUT2D eigenvalue weighted by Crippen LogP contribution is -2.19. The van der Waals surface area contributed by atoms with Crippen LogP contribution >= 0.6 is 0 Å². The van der Waals surface area contributed by atoms with E-state index in [-0.39, 0.29) is 11.8 Å². The highest BCUT2D eigenvalue weighted by Gasteiger charge is 2.14. The van der Waals surface area contributed by atoms with Crippen molar-refractivity contribution < 1.29 is 4.79 Å². The van der Waals surface area contributed by atoms with E-state index < -0.39 is 0 Å². The van der Waals surface area contributed by atoms with Gasteiger partial charge in [0.05, 0.1) is 11.2 Å². The SMILES string of the molecule is C1=CCCC(n2c(-c3ccccc3)cc3ccccc32)=C1.CC.CCC.CCC(C)C(N)=O.CCCCCN. The van der Waals surface area contributed by atoms with Gasteiger partial charge in [-0.1, -0.05) is 128 Å². The second-order valence-electron chi connectivity index (χ2n) is 9.33. The summed E-state index contributed by atoms with van der Waals surface area (Å²) in [6.45, 7) is 15.0. The number of carbonyl (C=O) groups is 1. The van der Waals surface area contributed by atoms with Crippen molar-refractivity contribution in [3.05, 3.63) is 78.9 Å². The monoisotopic (exact) mass is 533 g/mol. The molecule has 39 heavy (non-hydrogen) atoms. The molecule has 1 aromatic heterocycles. The largest absolute Gasteiger partial charge is 0.369 e. The molecular weight excluding hydrogens is 478 g/mol. The number of amides is 1. The summed E-state index contributed by atoms with van der Waals surface area (Å²) in [5.41, 5.74) is 15.3. The molecule has 1 atom stereocenters. The van der Waals surface area contributed by atoms with E-state index in [0.29, 0.717) is 0 Å². The highest BCUT2D eigenvalue weighted by atomic mass is 16.1. The number of unbranched alkanes of at least 4 members (excludes halogenated alkanes) is 2. The standard InChI is InChI=1S/C20H17N.C5H11NO.C5H13N.C3H8.C2H6/c1-3-9-16(10-4-1)20-15-17-11-7-8-14-19(17)21(20)18-12-5-2-6-13-18;1-3-4(2)5(6)7;1-2-3-4-5-6;1-3-2;1-2/h1-5,7-12,14-15H,6,13H2;4H,3H2,1-2H3,(H2,6,7);2-6H2,1H3;3H2,1-2H3;1-2H3. The van der Waals surface area contributed by atoms with Crippen molar-refractivity contribution in [3.63, 3.8) is 0 Å². The van der Waals surface area contributed by atoms with Gasteiger partial charge < -0.3 is 16.0 Å². The van der Waals surface area contributed by atoms with Gasteiger partial charge in [-0.15, -0.1) is 0 Å². The van der Waals surface area contributed by atoms with Crippen LogP contribution in [0.2, 0.25) is 0 Å². The maximum Gasteiger partial charge on any atom is 0.220 e. The molecule has 1 amide bonds. The van der Waals surface area contributed by atoms with Crippen LogP contribution in [0.1, 0.15) is 93.4 Å². The molecule has 1 unspecified atom stereocenters. The number of nitrogens with zero attached hydrogens (tertiary/aromatic N) is 1. The minimum Gasteiger partial charge on any atom is -0.369 e. The molecule has 0 radical (unpaired) electrons. The van der Waals surface area contributed by atoms with Gasteiger partial charge in [-0.2, -0.15) is 0 Å². The highest BCUT2D eigenvalue weighted by molar-refractivity contribution is 5.91. The first-order valence-corrected chi connectivity index (χ1v) is 15.0. The molecule has 1 aliphatic carbocycles. The zero-order valence-electron chi connectivity index (χ0n) is 25.7. The maximum absolute atomic E-state index is 10.2. The van der Waals surface area contributed by atoms with Crippen LogP contribution in [0, 0.1) is 5.92 Å². The van der Waals surface area contributed by atoms with Gasteiger partial charge in [-0.25, -0.2) is 0 Å². The molecule has 1 aliphatic rings. The molecule has 0 spiro atoms. The first-order chi connectivity index (χ1) is 18.9. The molecule has 4 rings (SSSR count). The van der Waals surface area contributed by atoms with Crippen LogP contribution in [0.5, 0.6) is 0 Å². The van der Waals surface area contributed by atoms with Gasteiger partial charge in [0.15, 0.2) is 0 Å². The number of hydrogen-bond acceptors (Lipinski definition) is 2. The number of para-hydroxylation sites is 1. The van der Waals surface area contributed by atoms with Gasteiger partial charge in [0.2, 0.25) is 5.91 Å². The van der Waals surface area contributed by atoms with Crippen molar-refractivity contribution in [1.82, 2.24) is 4.57 Å². The molecular formula is C35H55N3O. The van der Waals surface area contributed by atoms with Gasteiger partial charge >= 0.3 is 0 Å². The number of aromatic nitrogens is 1. The van der Waals surface area contributed by atoms with Crippen molar-refractivity contribution >= 4 is 22.5 Å². The summed E-state index contributed by atoms with van der Waals surface area (Å²) in [6, 6.07) is 21.6. The molecule has 0 bridgehead atoms. The van der Waals surface area contributed by atoms with Crippen molar-refractivity contribution in [2.75, 3.05) is 6.54 Å². The smallest absolute Gasteiger partial charge is 0.220 e. The topological polar surface area (TPSA) is 74.0 Å². The maximum atomic E-state index is 10.2. The third-order valence-electron chi connectivity index (χ3n) is 5.97. The van der Waals surface area contributed by atoms with Crippen LogP contribution < -0.4 is 11.5 Å². The van der Waals surface area contributed by atoms with Gasteiger partial charge in [0.1, 0.15) is 0 Å². The van der Waals surface area contributed by atoms with Crippen LogP contribution in [-0.4, -0.2) is 17.0 Å². The summed E-state index contributed by atoms with van der Waals surface area (Å²) in [7, 11) is 0. The van der Waals surface area contributed by atoms with E-state index in [1.807, 2.05) is 27.7 Å². The fraction of sp³-hybridized carbons (Fsp3) is 0.457. The Morgan fingerprint density at radius 2 is 1.56 bits per heavy atom. The quantitative estimate of drug-likeness (QED) is 0.297. The van der Waals surface area contributed by atoms with E-state index in [4.69, 9.17) is 11.5 Å². The van der Waals surface area contributed by atoms with E-state index in [2.05, 4.69) is 104 Å². The molecule has 1 heterocycles. The zero-order valence-corrected chi connectivity index (χ0v) is 25.7. The lowest BCUT2D eigenvalue weighted by atomic mass is 10.1. The van der Waals surface area contributed by atoms with Crippen LogP contribution in [0.15, 0.2) is 78.9 Å². The predicted octanol–water partition coefficient (Wildman–Crippen LogP) is 9.59. The van der Waals surface area contributed by atoms with E-state index in [1.54, 1.807) is 0 Å². The number of rotatable bonds is 7. The third-order valence-corrected chi connectivity index (χ3v) is 5.97. The first-order valence-electron chi connectivity index (χ1n) is 15.0. The number of allylic oxidation sites excluding steroid dienone is 4. The molecule has 3 aromatic rings.